The topological polar surface area (TPSA) is 110 Å². The van der Waals surface area contributed by atoms with E-state index in [1.54, 1.807) is 13.8 Å². The van der Waals surface area contributed by atoms with Gasteiger partial charge >= 0.3 is 5.97 Å². The fourth-order valence-corrected chi connectivity index (χ4v) is 3.62. The average Bonchev–Trinajstić information content (AvgIpc) is 2.94. The molecule has 24 heavy (non-hydrogen) atoms. The molecule has 0 bridgehead atoms. The molecule has 0 aliphatic carbocycles. The molecule has 0 spiro atoms. The van der Waals surface area contributed by atoms with Crippen LogP contribution >= 0.6 is 0 Å². The zero-order valence-electron chi connectivity index (χ0n) is 13.6. The minimum atomic E-state index is -3.40. The van der Waals surface area contributed by atoms with Crippen molar-refractivity contribution >= 4 is 21.7 Å². The number of carbonyl (C=O) groups excluding carboxylic acids is 1. The van der Waals surface area contributed by atoms with Gasteiger partial charge in [0.2, 0.25) is 0 Å². The second kappa shape index (κ2) is 6.90. The van der Waals surface area contributed by atoms with Crippen molar-refractivity contribution in [1.29, 1.82) is 0 Å². The van der Waals surface area contributed by atoms with Crippen LogP contribution in [-0.4, -0.2) is 49.4 Å². The second-order valence-electron chi connectivity index (χ2n) is 6.23. The van der Waals surface area contributed by atoms with E-state index in [2.05, 4.69) is 5.32 Å². The molecule has 0 radical (unpaired) electrons. The Morgan fingerprint density at radius 2 is 1.92 bits per heavy atom. The van der Waals surface area contributed by atoms with E-state index in [4.69, 9.17) is 9.84 Å². The van der Waals surface area contributed by atoms with Gasteiger partial charge in [-0.15, -0.1) is 0 Å². The van der Waals surface area contributed by atoms with Gasteiger partial charge in [-0.2, -0.15) is 0 Å². The summed E-state index contributed by atoms with van der Waals surface area (Å²) in [6.45, 7) is 3.71. The van der Waals surface area contributed by atoms with Crippen LogP contribution in [0.2, 0.25) is 0 Å². The lowest BCUT2D eigenvalue weighted by molar-refractivity contribution is -0.138. The first-order valence-electron chi connectivity index (χ1n) is 7.62. The zero-order valence-corrected chi connectivity index (χ0v) is 14.4. The number of hydrogen-bond donors (Lipinski definition) is 2. The average molecular weight is 355 g/mol. The number of nitrogens with one attached hydrogen (secondary N) is 1. The summed E-state index contributed by atoms with van der Waals surface area (Å²) >= 11 is 0. The first-order valence-corrected chi connectivity index (χ1v) is 9.17. The van der Waals surface area contributed by atoms with Crippen molar-refractivity contribution in [1.82, 2.24) is 5.32 Å². The van der Waals surface area contributed by atoms with Crippen LogP contribution in [0, 0.1) is 0 Å². The third-order valence-corrected chi connectivity index (χ3v) is 6.21. The Bertz CT molecular complexity index is 717. The molecule has 1 aliphatic heterocycles. The van der Waals surface area contributed by atoms with E-state index >= 15 is 0 Å². The molecule has 0 saturated carbocycles. The molecule has 7 nitrogen and oxygen atoms in total. The van der Waals surface area contributed by atoms with Crippen LogP contribution in [0.3, 0.4) is 0 Å². The quantitative estimate of drug-likeness (QED) is 0.794. The molecule has 2 N–H and O–H groups in total. The van der Waals surface area contributed by atoms with Gasteiger partial charge in [0.05, 0.1) is 28.7 Å². The van der Waals surface area contributed by atoms with Crippen LogP contribution in [0.5, 0.6) is 0 Å². The molecule has 1 atom stereocenters. The lowest BCUT2D eigenvalue weighted by atomic mass is 9.94. The highest BCUT2D eigenvalue weighted by Gasteiger charge is 2.38. The third-order valence-electron chi connectivity index (χ3n) is 4.04. The summed E-state index contributed by atoms with van der Waals surface area (Å²) in [7, 11) is -3.40. The van der Waals surface area contributed by atoms with E-state index in [0.29, 0.717) is 13.0 Å². The maximum absolute atomic E-state index is 12.4. The maximum atomic E-state index is 12.4. The molecule has 8 heteroatoms. The number of amides is 1. The molecule has 1 amide bonds. The van der Waals surface area contributed by atoms with Crippen molar-refractivity contribution in [2.75, 3.05) is 13.2 Å². The minimum absolute atomic E-state index is 0.144. The summed E-state index contributed by atoms with van der Waals surface area (Å²) in [6.07, 6.45) is 0.198. The summed E-state index contributed by atoms with van der Waals surface area (Å²) < 4.78 is 29.4. The van der Waals surface area contributed by atoms with Crippen LogP contribution in [-0.2, 0) is 19.4 Å². The fourth-order valence-electron chi connectivity index (χ4n) is 2.56. The maximum Gasteiger partial charge on any atom is 0.305 e. The number of rotatable bonds is 6. The fraction of sp³-hybridized carbons (Fsp3) is 0.500. The van der Waals surface area contributed by atoms with Crippen molar-refractivity contribution < 1.29 is 27.9 Å². The van der Waals surface area contributed by atoms with Crippen molar-refractivity contribution in [2.45, 2.75) is 42.4 Å². The molecule has 2 rings (SSSR count). The van der Waals surface area contributed by atoms with Crippen molar-refractivity contribution in [2.24, 2.45) is 0 Å². The van der Waals surface area contributed by atoms with Gasteiger partial charge in [-0.25, -0.2) is 8.42 Å². The van der Waals surface area contributed by atoms with E-state index in [-0.39, 0.29) is 23.5 Å². The standard InChI is InChI=1S/C16H21NO6S/c1-11(2)24(21,22)13-5-3-12(4-6-13)15(20)17-16(9-14(18)19)7-8-23-10-16/h3-6,11H,7-10H2,1-2H3,(H,17,20)(H,18,19). The summed E-state index contributed by atoms with van der Waals surface area (Å²) in [5.74, 6) is -1.46. The van der Waals surface area contributed by atoms with Crippen molar-refractivity contribution in [3.8, 4) is 0 Å². The van der Waals surface area contributed by atoms with Crippen molar-refractivity contribution in [3.63, 3.8) is 0 Å². The van der Waals surface area contributed by atoms with Crippen LogP contribution in [0.25, 0.3) is 0 Å². The van der Waals surface area contributed by atoms with Crippen LogP contribution in [0.15, 0.2) is 29.2 Å². The summed E-state index contributed by atoms with van der Waals surface area (Å²) in [4.78, 5) is 23.5. The SMILES string of the molecule is CC(C)S(=O)(=O)c1ccc(C(=O)NC2(CC(=O)O)CCOC2)cc1. The summed E-state index contributed by atoms with van der Waals surface area (Å²) in [6, 6.07) is 5.63. The predicted octanol–water partition coefficient (Wildman–Crippen LogP) is 1.23. The molecule has 1 saturated heterocycles. The first kappa shape index (κ1) is 18.4. The van der Waals surface area contributed by atoms with E-state index in [1.165, 1.54) is 24.3 Å². The van der Waals surface area contributed by atoms with Crippen LogP contribution < -0.4 is 5.32 Å². The van der Waals surface area contributed by atoms with Gasteiger partial charge in [0, 0.05) is 12.2 Å². The Labute approximate surface area is 140 Å². The van der Waals surface area contributed by atoms with Gasteiger partial charge in [0.1, 0.15) is 0 Å². The summed E-state index contributed by atoms with van der Waals surface area (Å²) in [5.41, 5.74) is -0.652. The van der Waals surface area contributed by atoms with E-state index < -0.39 is 32.5 Å². The Morgan fingerprint density at radius 1 is 1.29 bits per heavy atom. The lowest BCUT2D eigenvalue weighted by Gasteiger charge is -2.27. The molecule has 1 unspecified atom stereocenters. The van der Waals surface area contributed by atoms with Gasteiger partial charge in [-0.3, -0.25) is 9.59 Å². The zero-order chi connectivity index (χ0) is 18.0. The largest absolute Gasteiger partial charge is 0.481 e. The number of carboxylic acid groups (broad SMARTS) is 1. The number of ether oxygens (including phenoxy) is 1. The molecule has 1 fully saturated rings. The molecular weight excluding hydrogens is 334 g/mol. The van der Waals surface area contributed by atoms with E-state index in [9.17, 15) is 18.0 Å². The molecular formula is C16H21NO6S. The number of sulfone groups is 1. The van der Waals surface area contributed by atoms with Crippen LogP contribution in [0.1, 0.15) is 37.0 Å². The van der Waals surface area contributed by atoms with Crippen LogP contribution in [0.4, 0.5) is 0 Å². The molecule has 0 aromatic heterocycles. The molecule has 1 aromatic rings. The molecule has 1 heterocycles. The van der Waals surface area contributed by atoms with Crippen molar-refractivity contribution in [3.05, 3.63) is 29.8 Å². The predicted molar refractivity (Wildman–Crippen MR) is 86.6 cm³/mol. The molecule has 1 aliphatic rings. The Kier molecular flexibility index (Phi) is 5.29. The Hall–Kier alpha value is -1.93. The normalized spacial score (nSPS) is 21.0. The Morgan fingerprint density at radius 3 is 2.38 bits per heavy atom. The van der Waals surface area contributed by atoms with Gasteiger partial charge < -0.3 is 15.2 Å². The lowest BCUT2D eigenvalue weighted by Crippen LogP contribution is -2.50. The van der Waals surface area contributed by atoms with Gasteiger partial charge in [-0.1, -0.05) is 0 Å². The van der Waals surface area contributed by atoms with Gasteiger partial charge in [-0.05, 0) is 44.5 Å². The third kappa shape index (κ3) is 3.93. The number of carboxylic acids is 1. The smallest absolute Gasteiger partial charge is 0.305 e. The van der Waals surface area contributed by atoms with Gasteiger partial charge in [0.25, 0.3) is 5.91 Å². The highest BCUT2D eigenvalue weighted by molar-refractivity contribution is 7.92. The number of hydrogen-bond acceptors (Lipinski definition) is 5. The molecule has 1 aromatic carbocycles. The first-order chi connectivity index (χ1) is 11.2. The molecule has 132 valence electrons. The number of carbonyl (C=O) groups is 2. The summed E-state index contributed by atoms with van der Waals surface area (Å²) in [5, 5.41) is 11.2. The highest BCUT2D eigenvalue weighted by Crippen LogP contribution is 2.24. The monoisotopic (exact) mass is 355 g/mol. The highest BCUT2D eigenvalue weighted by atomic mass is 32.2. The number of aliphatic carboxylic acids is 1. The Balaban J connectivity index is 2.17. The second-order valence-corrected chi connectivity index (χ2v) is 8.73. The minimum Gasteiger partial charge on any atom is -0.481 e. The van der Waals surface area contributed by atoms with Gasteiger partial charge in [0.15, 0.2) is 9.84 Å². The number of benzene rings is 1. The van der Waals surface area contributed by atoms with E-state index in [0.717, 1.165) is 0 Å². The van der Waals surface area contributed by atoms with E-state index in [1.807, 2.05) is 0 Å².